The van der Waals surface area contributed by atoms with Crippen molar-refractivity contribution in [3.05, 3.63) is 27.6 Å². The van der Waals surface area contributed by atoms with Crippen molar-refractivity contribution in [1.29, 1.82) is 0 Å². The van der Waals surface area contributed by atoms with Crippen LogP contribution < -0.4 is 11.1 Å². The second kappa shape index (κ2) is 8.02. The van der Waals surface area contributed by atoms with E-state index in [9.17, 15) is 14.5 Å². The number of aliphatic carboxylic acids is 1. The topological polar surface area (TPSA) is 147 Å². The van der Waals surface area contributed by atoms with Gasteiger partial charge in [-0.25, -0.2) is 9.78 Å². The number of hydrogen-bond acceptors (Lipinski definition) is 9. The summed E-state index contributed by atoms with van der Waals surface area (Å²) in [7, 11) is 0. The van der Waals surface area contributed by atoms with Gasteiger partial charge in [0.15, 0.2) is 5.13 Å². The van der Waals surface area contributed by atoms with Crippen LogP contribution in [0, 0.1) is 4.91 Å². The molecule has 0 bridgehead atoms. The number of anilines is 1. The van der Waals surface area contributed by atoms with Crippen molar-refractivity contribution < 1.29 is 14.7 Å². The summed E-state index contributed by atoms with van der Waals surface area (Å²) in [5.74, 6) is -1.25. The summed E-state index contributed by atoms with van der Waals surface area (Å²) in [6, 6.07) is -1.29. The fourth-order valence-electron chi connectivity index (χ4n) is 1.98. The highest BCUT2D eigenvalue weighted by molar-refractivity contribution is 8.00. The third kappa shape index (κ3) is 4.17. The molecule has 1 aromatic rings. The SMILES string of the molecule is CC=C1CS[C@H](CNC(=O)C(N=O)c2csc(N)n2)N=C1C(=O)O. The van der Waals surface area contributed by atoms with Crippen LogP contribution in [0.3, 0.4) is 0 Å². The van der Waals surface area contributed by atoms with Crippen molar-refractivity contribution in [1.82, 2.24) is 10.3 Å². The van der Waals surface area contributed by atoms with Gasteiger partial charge in [0.1, 0.15) is 11.1 Å². The number of nitrogens with two attached hydrogens (primary N) is 1. The molecule has 1 aliphatic rings. The number of nitrogen functional groups attached to an aromatic ring is 1. The first-order valence-corrected chi connectivity index (χ1v) is 8.78. The molecule has 0 radical (unpaired) electrons. The Labute approximate surface area is 145 Å². The molecule has 0 aromatic carbocycles. The summed E-state index contributed by atoms with van der Waals surface area (Å²) in [6.45, 7) is 1.83. The number of thioether (sulfide) groups is 1. The molecule has 2 rings (SSSR count). The fraction of sp³-hybridized carbons (Fsp3) is 0.385. The number of carbonyl (C=O) groups is 2. The number of aromatic nitrogens is 1. The number of allylic oxidation sites excluding steroid dienone is 1. The van der Waals surface area contributed by atoms with Gasteiger partial charge in [-0.3, -0.25) is 9.79 Å². The molecule has 0 fully saturated rings. The molecule has 0 aliphatic carbocycles. The van der Waals surface area contributed by atoms with Gasteiger partial charge < -0.3 is 16.2 Å². The summed E-state index contributed by atoms with van der Waals surface area (Å²) in [5, 5.41) is 15.8. The quantitative estimate of drug-likeness (QED) is 0.638. The molecule has 0 spiro atoms. The predicted octanol–water partition coefficient (Wildman–Crippen LogP) is 1.19. The van der Waals surface area contributed by atoms with Gasteiger partial charge in [-0.1, -0.05) is 6.08 Å². The third-order valence-electron chi connectivity index (χ3n) is 3.18. The smallest absolute Gasteiger partial charge is 0.354 e. The number of nitroso groups, excluding NO2 is 1. The van der Waals surface area contributed by atoms with Gasteiger partial charge >= 0.3 is 5.97 Å². The Morgan fingerprint density at radius 3 is 2.92 bits per heavy atom. The Balaban J connectivity index is 2.02. The highest BCUT2D eigenvalue weighted by Crippen LogP contribution is 2.24. The molecule has 11 heteroatoms. The zero-order valence-electron chi connectivity index (χ0n) is 12.6. The summed E-state index contributed by atoms with van der Waals surface area (Å²) in [5.41, 5.74) is 6.30. The number of amides is 1. The minimum Gasteiger partial charge on any atom is -0.477 e. The maximum absolute atomic E-state index is 12.1. The number of thiazole rings is 1. The minimum atomic E-state index is -1.29. The number of carbonyl (C=O) groups excluding carboxylic acids is 1. The molecule has 0 saturated carbocycles. The first kappa shape index (κ1) is 18.1. The lowest BCUT2D eigenvalue weighted by molar-refractivity contribution is -0.129. The van der Waals surface area contributed by atoms with Gasteiger partial charge in [-0.2, -0.15) is 0 Å². The number of aliphatic imine (C=N–C) groups is 1. The van der Waals surface area contributed by atoms with Crippen LogP contribution in [0.15, 0.2) is 27.2 Å². The van der Waals surface area contributed by atoms with Crippen LogP contribution >= 0.6 is 23.1 Å². The van der Waals surface area contributed by atoms with Gasteiger partial charge in [0, 0.05) is 17.7 Å². The fourth-order valence-corrected chi connectivity index (χ4v) is 3.62. The molecule has 4 N–H and O–H groups in total. The van der Waals surface area contributed by atoms with E-state index in [1.165, 1.54) is 17.1 Å². The van der Waals surface area contributed by atoms with Crippen LogP contribution in [0.1, 0.15) is 18.7 Å². The van der Waals surface area contributed by atoms with E-state index in [1.54, 1.807) is 13.0 Å². The molecule has 1 aliphatic heterocycles. The number of nitrogens with zero attached hydrogens (tertiary/aromatic N) is 3. The molecule has 0 saturated heterocycles. The van der Waals surface area contributed by atoms with E-state index in [1.807, 2.05) is 0 Å². The van der Waals surface area contributed by atoms with E-state index in [-0.39, 0.29) is 23.1 Å². The Hall–Kier alpha value is -2.27. The zero-order valence-corrected chi connectivity index (χ0v) is 14.3. The predicted molar refractivity (Wildman–Crippen MR) is 93.1 cm³/mol. The van der Waals surface area contributed by atoms with Gasteiger partial charge in [-0.15, -0.1) is 28.0 Å². The molecule has 2 heterocycles. The van der Waals surface area contributed by atoms with Crippen molar-refractivity contribution in [2.45, 2.75) is 18.3 Å². The molecule has 24 heavy (non-hydrogen) atoms. The lowest BCUT2D eigenvalue weighted by Gasteiger charge is -2.21. The summed E-state index contributed by atoms with van der Waals surface area (Å²) in [6.07, 6.45) is 1.70. The zero-order chi connectivity index (χ0) is 17.7. The Morgan fingerprint density at radius 1 is 1.62 bits per heavy atom. The largest absolute Gasteiger partial charge is 0.477 e. The Kier molecular flexibility index (Phi) is 6.04. The molecule has 1 unspecified atom stereocenters. The first-order chi connectivity index (χ1) is 11.5. The average Bonchev–Trinajstić information content (AvgIpc) is 2.99. The van der Waals surface area contributed by atoms with Crippen molar-refractivity contribution in [2.75, 3.05) is 18.0 Å². The van der Waals surface area contributed by atoms with Crippen LogP contribution in [-0.2, 0) is 9.59 Å². The van der Waals surface area contributed by atoms with E-state index >= 15 is 0 Å². The van der Waals surface area contributed by atoms with Crippen LogP contribution in [-0.4, -0.2) is 45.4 Å². The number of nitrogens with one attached hydrogen (secondary N) is 1. The maximum atomic E-state index is 12.1. The van der Waals surface area contributed by atoms with Crippen LogP contribution in [0.2, 0.25) is 0 Å². The lowest BCUT2D eigenvalue weighted by atomic mass is 10.1. The number of carboxylic acid groups (broad SMARTS) is 1. The Morgan fingerprint density at radius 2 is 2.38 bits per heavy atom. The average molecular weight is 369 g/mol. The molecular formula is C13H15N5O4S2. The van der Waals surface area contributed by atoms with Crippen molar-refractivity contribution in [3.8, 4) is 0 Å². The molecule has 128 valence electrons. The third-order valence-corrected chi connectivity index (χ3v) is 5.01. The van der Waals surface area contributed by atoms with Crippen molar-refractivity contribution in [3.63, 3.8) is 0 Å². The van der Waals surface area contributed by atoms with Gasteiger partial charge in [0.25, 0.3) is 5.91 Å². The number of hydrogen-bond donors (Lipinski definition) is 3. The summed E-state index contributed by atoms with van der Waals surface area (Å²) < 4.78 is 0. The number of carboxylic acids is 1. The monoisotopic (exact) mass is 369 g/mol. The molecule has 1 amide bonds. The minimum absolute atomic E-state index is 0.00663. The van der Waals surface area contributed by atoms with E-state index < -0.39 is 23.3 Å². The van der Waals surface area contributed by atoms with E-state index in [4.69, 9.17) is 10.8 Å². The van der Waals surface area contributed by atoms with Crippen LogP contribution in [0.4, 0.5) is 5.13 Å². The van der Waals surface area contributed by atoms with Crippen molar-refractivity contribution in [2.24, 2.45) is 10.2 Å². The van der Waals surface area contributed by atoms with E-state index in [2.05, 4.69) is 20.5 Å². The molecule has 2 atom stereocenters. The molecule has 9 nitrogen and oxygen atoms in total. The highest BCUT2D eigenvalue weighted by atomic mass is 32.2. The van der Waals surface area contributed by atoms with Crippen molar-refractivity contribution >= 4 is 45.8 Å². The van der Waals surface area contributed by atoms with Gasteiger partial charge in [-0.05, 0) is 17.7 Å². The van der Waals surface area contributed by atoms with E-state index in [0.29, 0.717) is 11.3 Å². The lowest BCUT2D eigenvalue weighted by Crippen LogP contribution is -2.36. The van der Waals surface area contributed by atoms with Gasteiger partial charge in [0.2, 0.25) is 6.04 Å². The van der Waals surface area contributed by atoms with Gasteiger partial charge in [0.05, 0.1) is 5.69 Å². The van der Waals surface area contributed by atoms with E-state index in [0.717, 1.165) is 11.3 Å². The molecular weight excluding hydrogens is 354 g/mol. The second-order valence-corrected chi connectivity index (χ2v) is 6.78. The maximum Gasteiger partial charge on any atom is 0.354 e. The Bertz CT molecular complexity index is 715. The molecule has 1 aromatic heterocycles. The second-order valence-electron chi connectivity index (χ2n) is 4.73. The van der Waals surface area contributed by atoms with Crippen LogP contribution in [0.25, 0.3) is 0 Å². The first-order valence-electron chi connectivity index (χ1n) is 6.85. The normalized spacial score (nSPS) is 20.3. The summed E-state index contributed by atoms with van der Waals surface area (Å²) in [4.78, 5) is 42.2. The standard InChI is InChI=1S/C13H15N5O4S2/c1-2-6-4-23-8(17-9(6)12(20)21)3-15-11(19)10(18-22)7-5-24-13(14)16-7/h2,5,8,10H,3-4H2,1H3,(H2,14,16)(H,15,19)(H,20,21)/t8-,10?/m1/s1. The van der Waals surface area contributed by atoms with Crippen LogP contribution in [0.5, 0.6) is 0 Å². The highest BCUT2D eigenvalue weighted by Gasteiger charge is 2.27. The summed E-state index contributed by atoms with van der Waals surface area (Å²) >= 11 is 2.51. The number of rotatable bonds is 6.